The Hall–Kier alpha value is -1.31. The summed E-state index contributed by atoms with van der Waals surface area (Å²) in [7, 11) is 0. The molecule has 1 rings (SSSR count). The third-order valence-corrected chi connectivity index (χ3v) is 3.06. The van der Waals surface area contributed by atoms with Crippen molar-refractivity contribution >= 4 is 5.97 Å². The Labute approximate surface area is 123 Å². The van der Waals surface area contributed by atoms with E-state index in [0.717, 1.165) is 6.42 Å². The maximum Gasteiger partial charge on any atom is 0.306 e. The summed E-state index contributed by atoms with van der Waals surface area (Å²) >= 11 is 0. The fourth-order valence-electron chi connectivity index (χ4n) is 2.19. The molecule has 0 saturated heterocycles. The molecule has 0 heterocycles. The van der Waals surface area contributed by atoms with E-state index in [-0.39, 0.29) is 16.8 Å². The highest BCUT2D eigenvalue weighted by atomic mass is 16.5. The van der Waals surface area contributed by atoms with E-state index in [4.69, 9.17) is 4.74 Å². The standard InChI is InChI=1S/C18H28O2/c1-14-8-7-9-15(10-14)11-18(5,6)13-20-16(19)12-17(2,3)4/h7-10H,11-13H2,1-6H3. The molecule has 0 atom stereocenters. The molecule has 0 N–H and O–H groups in total. The molecule has 0 fully saturated rings. The molecule has 0 bridgehead atoms. The molecule has 0 aliphatic heterocycles. The van der Waals surface area contributed by atoms with Gasteiger partial charge < -0.3 is 4.74 Å². The molecule has 1 aromatic carbocycles. The van der Waals surface area contributed by atoms with Crippen molar-refractivity contribution in [1.29, 1.82) is 0 Å². The zero-order valence-corrected chi connectivity index (χ0v) is 13.7. The first-order chi connectivity index (χ1) is 9.07. The van der Waals surface area contributed by atoms with Crippen LogP contribution in [0.3, 0.4) is 0 Å². The van der Waals surface area contributed by atoms with Crippen LogP contribution in [0.5, 0.6) is 0 Å². The van der Waals surface area contributed by atoms with Crippen molar-refractivity contribution in [1.82, 2.24) is 0 Å². The third kappa shape index (κ3) is 6.74. The van der Waals surface area contributed by atoms with Crippen LogP contribution in [-0.4, -0.2) is 12.6 Å². The first kappa shape index (κ1) is 16.7. The van der Waals surface area contributed by atoms with Gasteiger partial charge in [0.1, 0.15) is 0 Å². The number of hydrogen-bond donors (Lipinski definition) is 0. The van der Waals surface area contributed by atoms with Crippen LogP contribution >= 0.6 is 0 Å². The summed E-state index contributed by atoms with van der Waals surface area (Å²) in [6.45, 7) is 13.0. The summed E-state index contributed by atoms with van der Waals surface area (Å²) in [6.07, 6.45) is 1.38. The van der Waals surface area contributed by atoms with Crippen LogP contribution in [0.15, 0.2) is 24.3 Å². The molecular formula is C18H28O2. The normalized spacial score (nSPS) is 12.3. The highest BCUT2D eigenvalue weighted by Gasteiger charge is 2.23. The number of ether oxygens (including phenoxy) is 1. The van der Waals surface area contributed by atoms with Crippen molar-refractivity contribution in [2.75, 3.05) is 6.61 Å². The van der Waals surface area contributed by atoms with E-state index in [1.165, 1.54) is 11.1 Å². The molecule has 0 unspecified atom stereocenters. The Morgan fingerprint density at radius 1 is 1.15 bits per heavy atom. The fourth-order valence-corrected chi connectivity index (χ4v) is 2.19. The fraction of sp³-hybridized carbons (Fsp3) is 0.611. The van der Waals surface area contributed by atoms with Gasteiger partial charge in [-0.2, -0.15) is 0 Å². The molecule has 2 nitrogen and oxygen atoms in total. The summed E-state index contributed by atoms with van der Waals surface area (Å²) in [5, 5.41) is 0. The molecule has 2 heteroatoms. The average Bonchev–Trinajstić information content (AvgIpc) is 2.23. The van der Waals surface area contributed by atoms with Crippen molar-refractivity contribution in [3.8, 4) is 0 Å². The topological polar surface area (TPSA) is 26.3 Å². The largest absolute Gasteiger partial charge is 0.465 e. The second-order valence-electron chi connectivity index (χ2n) is 7.73. The van der Waals surface area contributed by atoms with Crippen molar-refractivity contribution < 1.29 is 9.53 Å². The maximum atomic E-state index is 11.8. The molecule has 112 valence electrons. The lowest BCUT2D eigenvalue weighted by Crippen LogP contribution is -2.26. The molecule has 0 amide bonds. The maximum absolute atomic E-state index is 11.8. The van der Waals surface area contributed by atoms with E-state index in [9.17, 15) is 4.79 Å². The predicted octanol–water partition coefficient (Wildman–Crippen LogP) is 4.54. The first-order valence-corrected chi connectivity index (χ1v) is 7.29. The lowest BCUT2D eigenvalue weighted by atomic mass is 9.86. The van der Waals surface area contributed by atoms with Gasteiger partial charge in [0.05, 0.1) is 13.0 Å². The Morgan fingerprint density at radius 2 is 1.80 bits per heavy atom. The van der Waals surface area contributed by atoms with Gasteiger partial charge in [-0.3, -0.25) is 4.79 Å². The first-order valence-electron chi connectivity index (χ1n) is 7.29. The van der Waals surface area contributed by atoms with Crippen LogP contribution in [0, 0.1) is 17.8 Å². The van der Waals surface area contributed by atoms with Crippen LogP contribution in [0.25, 0.3) is 0 Å². The zero-order chi connectivity index (χ0) is 15.4. The Kier molecular flexibility index (Phi) is 5.38. The SMILES string of the molecule is Cc1cccc(CC(C)(C)COC(=O)CC(C)(C)C)c1. The van der Waals surface area contributed by atoms with Gasteiger partial charge in [-0.05, 0) is 24.3 Å². The van der Waals surface area contributed by atoms with Gasteiger partial charge in [-0.15, -0.1) is 0 Å². The van der Waals surface area contributed by atoms with Gasteiger partial charge in [0.25, 0.3) is 0 Å². The number of hydrogen-bond acceptors (Lipinski definition) is 2. The minimum Gasteiger partial charge on any atom is -0.465 e. The Balaban J connectivity index is 2.51. The van der Waals surface area contributed by atoms with E-state index in [2.05, 4.69) is 45.0 Å². The summed E-state index contributed by atoms with van der Waals surface area (Å²) < 4.78 is 5.45. The van der Waals surface area contributed by atoms with Crippen molar-refractivity contribution in [3.63, 3.8) is 0 Å². The second-order valence-corrected chi connectivity index (χ2v) is 7.73. The van der Waals surface area contributed by atoms with Crippen LogP contribution in [0.4, 0.5) is 0 Å². The highest BCUT2D eigenvalue weighted by Crippen LogP contribution is 2.24. The molecule has 0 aliphatic rings. The lowest BCUT2D eigenvalue weighted by molar-refractivity contribution is -0.148. The van der Waals surface area contributed by atoms with Crippen LogP contribution in [-0.2, 0) is 16.0 Å². The number of carbonyl (C=O) groups excluding carboxylic acids is 1. The summed E-state index contributed by atoms with van der Waals surface area (Å²) in [6, 6.07) is 8.50. The summed E-state index contributed by atoms with van der Waals surface area (Å²) in [4.78, 5) is 11.8. The lowest BCUT2D eigenvalue weighted by Gasteiger charge is -2.25. The van der Waals surface area contributed by atoms with Gasteiger partial charge in [0, 0.05) is 5.41 Å². The summed E-state index contributed by atoms with van der Waals surface area (Å²) in [5.74, 6) is -0.102. The smallest absolute Gasteiger partial charge is 0.306 e. The van der Waals surface area contributed by atoms with Gasteiger partial charge in [0.15, 0.2) is 0 Å². The average molecular weight is 276 g/mol. The molecular weight excluding hydrogens is 248 g/mol. The van der Waals surface area contributed by atoms with Crippen LogP contribution in [0.1, 0.15) is 52.2 Å². The summed E-state index contributed by atoms with van der Waals surface area (Å²) in [5.41, 5.74) is 2.50. The number of aryl methyl sites for hydroxylation is 1. The van der Waals surface area contributed by atoms with Gasteiger partial charge >= 0.3 is 5.97 Å². The van der Waals surface area contributed by atoms with E-state index in [1.54, 1.807) is 0 Å². The molecule has 0 radical (unpaired) electrons. The predicted molar refractivity (Wildman–Crippen MR) is 83.7 cm³/mol. The Morgan fingerprint density at radius 3 is 2.35 bits per heavy atom. The second kappa shape index (κ2) is 6.43. The number of esters is 1. The van der Waals surface area contributed by atoms with Crippen LogP contribution < -0.4 is 0 Å². The quantitative estimate of drug-likeness (QED) is 0.738. The van der Waals surface area contributed by atoms with E-state index >= 15 is 0 Å². The van der Waals surface area contributed by atoms with E-state index in [0.29, 0.717) is 13.0 Å². The molecule has 20 heavy (non-hydrogen) atoms. The number of benzene rings is 1. The molecule has 1 aromatic rings. The number of carbonyl (C=O) groups is 1. The van der Waals surface area contributed by atoms with E-state index in [1.807, 2.05) is 20.8 Å². The van der Waals surface area contributed by atoms with Crippen molar-refractivity contribution in [2.24, 2.45) is 10.8 Å². The molecule has 0 aromatic heterocycles. The highest BCUT2D eigenvalue weighted by molar-refractivity contribution is 5.70. The van der Waals surface area contributed by atoms with Crippen molar-refractivity contribution in [2.45, 2.75) is 54.4 Å². The minimum absolute atomic E-state index is 0.0161. The van der Waals surface area contributed by atoms with Gasteiger partial charge in [-0.1, -0.05) is 64.4 Å². The van der Waals surface area contributed by atoms with Crippen LogP contribution in [0.2, 0.25) is 0 Å². The monoisotopic (exact) mass is 276 g/mol. The number of rotatable bonds is 5. The van der Waals surface area contributed by atoms with E-state index < -0.39 is 0 Å². The third-order valence-electron chi connectivity index (χ3n) is 3.06. The van der Waals surface area contributed by atoms with Gasteiger partial charge in [0.2, 0.25) is 0 Å². The molecule has 0 saturated carbocycles. The van der Waals surface area contributed by atoms with Gasteiger partial charge in [-0.25, -0.2) is 0 Å². The minimum atomic E-state index is -0.102. The molecule has 0 aliphatic carbocycles. The molecule has 0 spiro atoms. The zero-order valence-electron chi connectivity index (χ0n) is 13.7. The van der Waals surface area contributed by atoms with Crippen molar-refractivity contribution in [3.05, 3.63) is 35.4 Å². The Bertz CT molecular complexity index is 453.